The summed E-state index contributed by atoms with van der Waals surface area (Å²) in [6.07, 6.45) is 0. The Kier molecular flexibility index (Phi) is 4.67. The number of benzene rings is 2. The minimum Gasteiger partial charge on any atom is -0.332 e. The van der Waals surface area contributed by atoms with Crippen LogP contribution in [0, 0.1) is 18.6 Å². The number of halogens is 3. The van der Waals surface area contributed by atoms with E-state index in [1.165, 1.54) is 24.3 Å². The smallest absolute Gasteiger partial charge is 0.175 e. The summed E-state index contributed by atoms with van der Waals surface area (Å²) < 4.78 is 26.6. The molecular formula is C14H11BrF2N2S. The van der Waals surface area contributed by atoms with Gasteiger partial charge >= 0.3 is 0 Å². The van der Waals surface area contributed by atoms with Crippen molar-refractivity contribution in [3.63, 3.8) is 0 Å². The lowest BCUT2D eigenvalue weighted by molar-refractivity contribution is 0.626. The van der Waals surface area contributed by atoms with Gasteiger partial charge in [0.15, 0.2) is 5.11 Å². The molecule has 2 N–H and O–H groups in total. The Morgan fingerprint density at radius 2 is 1.55 bits per heavy atom. The van der Waals surface area contributed by atoms with Crippen molar-refractivity contribution in [2.75, 3.05) is 10.6 Å². The zero-order chi connectivity index (χ0) is 14.7. The lowest BCUT2D eigenvalue weighted by Gasteiger charge is -2.13. The summed E-state index contributed by atoms with van der Waals surface area (Å²) in [4.78, 5) is 0. The summed E-state index contributed by atoms with van der Waals surface area (Å²) in [5, 5.41) is 6.25. The number of thiocarbonyl (C=S) groups is 1. The van der Waals surface area contributed by atoms with Crippen molar-refractivity contribution in [3.05, 3.63) is 58.1 Å². The van der Waals surface area contributed by atoms with Crippen molar-refractivity contribution in [1.82, 2.24) is 0 Å². The van der Waals surface area contributed by atoms with Crippen molar-refractivity contribution in [2.45, 2.75) is 6.92 Å². The van der Waals surface area contributed by atoms with E-state index in [2.05, 4.69) is 26.6 Å². The van der Waals surface area contributed by atoms with E-state index in [4.69, 9.17) is 12.2 Å². The molecule has 0 spiro atoms. The van der Waals surface area contributed by atoms with Crippen molar-refractivity contribution >= 4 is 44.6 Å². The standard InChI is InChI=1S/C14H11BrF2N2S/c1-8-6-9(16)2-4-12(8)18-14(20)19-13-5-3-10(17)7-11(13)15/h2-7H,1H3,(H2,18,19,20). The number of aryl methyl sites for hydroxylation is 1. The molecule has 0 radical (unpaired) electrons. The maximum Gasteiger partial charge on any atom is 0.175 e. The van der Waals surface area contributed by atoms with Crippen LogP contribution in [0.15, 0.2) is 40.9 Å². The predicted octanol–water partition coefficient (Wildman–Crippen LogP) is 4.84. The summed E-state index contributed by atoms with van der Waals surface area (Å²) >= 11 is 8.42. The van der Waals surface area contributed by atoms with Crippen molar-refractivity contribution in [1.29, 1.82) is 0 Å². The first-order chi connectivity index (χ1) is 9.45. The molecule has 0 aliphatic rings. The molecule has 0 aliphatic heterocycles. The molecule has 0 aromatic heterocycles. The topological polar surface area (TPSA) is 24.1 Å². The summed E-state index contributed by atoms with van der Waals surface area (Å²) in [5.41, 5.74) is 2.10. The van der Waals surface area contributed by atoms with Gasteiger partial charge in [0.1, 0.15) is 11.6 Å². The zero-order valence-corrected chi connectivity index (χ0v) is 12.9. The first kappa shape index (κ1) is 14.9. The average molecular weight is 357 g/mol. The Labute approximate surface area is 129 Å². The maximum absolute atomic E-state index is 13.0. The van der Waals surface area contributed by atoms with Crippen LogP contribution in [-0.2, 0) is 0 Å². The first-order valence-corrected chi connectivity index (χ1v) is 6.95. The van der Waals surface area contributed by atoms with Crippen molar-refractivity contribution in [3.8, 4) is 0 Å². The van der Waals surface area contributed by atoms with Crippen LogP contribution in [0.1, 0.15) is 5.56 Å². The molecule has 0 unspecified atom stereocenters. The predicted molar refractivity (Wildman–Crippen MR) is 85.1 cm³/mol. The van der Waals surface area contributed by atoms with E-state index in [-0.39, 0.29) is 11.6 Å². The molecule has 6 heteroatoms. The van der Waals surface area contributed by atoms with Gasteiger partial charge in [-0.3, -0.25) is 0 Å². The molecule has 0 atom stereocenters. The van der Waals surface area contributed by atoms with Gasteiger partial charge in [0.2, 0.25) is 0 Å². The minimum absolute atomic E-state index is 0.298. The molecule has 0 saturated carbocycles. The molecular weight excluding hydrogens is 346 g/mol. The Bertz CT molecular complexity index is 606. The lowest BCUT2D eigenvalue weighted by atomic mass is 10.2. The first-order valence-electron chi connectivity index (χ1n) is 5.75. The summed E-state index contributed by atoms with van der Waals surface area (Å²) in [6, 6.07) is 8.63. The molecule has 0 bridgehead atoms. The number of hydrogen-bond acceptors (Lipinski definition) is 1. The van der Waals surface area contributed by atoms with Crippen LogP contribution in [0.4, 0.5) is 20.2 Å². The molecule has 0 saturated heterocycles. The van der Waals surface area contributed by atoms with Gasteiger partial charge in [-0.15, -0.1) is 0 Å². The highest BCUT2D eigenvalue weighted by atomic mass is 79.9. The van der Waals surface area contributed by atoms with Crippen LogP contribution in [0.25, 0.3) is 0 Å². The van der Waals surface area contributed by atoms with Gasteiger partial charge in [-0.05, 0) is 77.0 Å². The molecule has 2 nitrogen and oxygen atoms in total. The van der Waals surface area contributed by atoms with Gasteiger partial charge in [0, 0.05) is 10.2 Å². The summed E-state index contributed by atoms with van der Waals surface area (Å²) in [5.74, 6) is -0.635. The van der Waals surface area contributed by atoms with Crippen LogP contribution >= 0.6 is 28.1 Å². The maximum atomic E-state index is 13.0. The molecule has 0 fully saturated rings. The highest BCUT2D eigenvalue weighted by Gasteiger charge is 2.06. The quantitative estimate of drug-likeness (QED) is 0.752. The second-order valence-corrected chi connectivity index (χ2v) is 5.43. The second kappa shape index (κ2) is 6.28. The summed E-state index contributed by atoms with van der Waals surface area (Å²) in [7, 11) is 0. The number of rotatable bonds is 2. The molecule has 0 amide bonds. The molecule has 2 aromatic carbocycles. The molecule has 20 heavy (non-hydrogen) atoms. The fraction of sp³-hybridized carbons (Fsp3) is 0.0714. The van der Waals surface area contributed by atoms with Crippen LogP contribution < -0.4 is 10.6 Å². The van der Waals surface area contributed by atoms with E-state index in [1.54, 1.807) is 19.1 Å². The fourth-order valence-electron chi connectivity index (χ4n) is 1.63. The normalized spacial score (nSPS) is 10.2. The summed E-state index contributed by atoms with van der Waals surface area (Å²) in [6.45, 7) is 1.78. The van der Waals surface area contributed by atoms with Crippen molar-refractivity contribution in [2.24, 2.45) is 0 Å². The van der Waals surface area contributed by atoms with Gasteiger partial charge in [0.25, 0.3) is 0 Å². The Balaban J connectivity index is 2.09. The van der Waals surface area contributed by atoms with E-state index in [9.17, 15) is 8.78 Å². The third-order valence-corrected chi connectivity index (χ3v) is 3.48. The average Bonchev–Trinajstić information content (AvgIpc) is 2.36. The molecule has 0 aliphatic carbocycles. The van der Waals surface area contributed by atoms with Gasteiger partial charge in [-0.25, -0.2) is 8.78 Å². The van der Waals surface area contributed by atoms with Gasteiger partial charge < -0.3 is 10.6 Å². The highest BCUT2D eigenvalue weighted by molar-refractivity contribution is 9.10. The van der Waals surface area contributed by atoms with Gasteiger partial charge in [-0.2, -0.15) is 0 Å². The Morgan fingerprint density at radius 3 is 2.15 bits per heavy atom. The zero-order valence-electron chi connectivity index (χ0n) is 10.5. The number of nitrogens with one attached hydrogen (secondary N) is 2. The molecule has 0 heterocycles. The number of anilines is 2. The number of hydrogen-bond donors (Lipinski definition) is 2. The third-order valence-electron chi connectivity index (χ3n) is 2.62. The molecule has 2 rings (SSSR count). The molecule has 104 valence electrons. The SMILES string of the molecule is Cc1cc(F)ccc1NC(=S)Nc1ccc(F)cc1Br. The second-order valence-electron chi connectivity index (χ2n) is 4.16. The van der Waals surface area contributed by atoms with Crippen LogP contribution in [0.2, 0.25) is 0 Å². The van der Waals surface area contributed by atoms with Crippen LogP contribution in [0.5, 0.6) is 0 Å². The monoisotopic (exact) mass is 356 g/mol. The fourth-order valence-corrected chi connectivity index (χ4v) is 2.30. The highest BCUT2D eigenvalue weighted by Crippen LogP contribution is 2.23. The lowest BCUT2D eigenvalue weighted by Crippen LogP contribution is -2.20. The van der Waals surface area contributed by atoms with Crippen LogP contribution in [0.3, 0.4) is 0 Å². The Hall–Kier alpha value is -1.53. The van der Waals surface area contributed by atoms with E-state index in [0.717, 1.165) is 5.56 Å². The molecule has 2 aromatic rings. The van der Waals surface area contributed by atoms with Crippen LogP contribution in [-0.4, -0.2) is 5.11 Å². The largest absolute Gasteiger partial charge is 0.332 e. The Morgan fingerprint density at radius 1 is 1.00 bits per heavy atom. The van der Waals surface area contributed by atoms with E-state index >= 15 is 0 Å². The minimum atomic E-state index is -0.337. The van der Waals surface area contributed by atoms with Gasteiger partial charge in [0.05, 0.1) is 5.69 Å². The van der Waals surface area contributed by atoms with Crippen molar-refractivity contribution < 1.29 is 8.78 Å². The van der Waals surface area contributed by atoms with E-state index in [1.807, 2.05) is 0 Å². The third kappa shape index (κ3) is 3.74. The van der Waals surface area contributed by atoms with E-state index in [0.29, 0.717) is 21.0 Å². The van der Waals surface area contributed by atoms with Gasteiger partial charge in [-0.1, -0.05) is 0 Å². The van der Waals surface area contributed by atoms with E-state index < -0.39 is 0 Å².